The lowest BCUT2D eigenvalue weighted by Crippen LogP contribution is -2.29. The highest BCUT2D eigenvalue weighted by molar-refractivity contribution is 6.22. The van der Waals surface area contributed by atoms with Crippen molar-refractivity contribution in [3.63, 3.8) is 0 Å². The van der Waals surface area contributed by atoms with Gasteiger partial charge >= 0.3 is 0 Å². The standard InChI is InChI=1S/C15H19ClO/c1-3-5-6-12-15-14(16)11-8-7-10-13(17-15)9-4-2/h1,4-6,8-9,11,13-15H,7,10,12H2,2H3/b6-5+,9-4+,11-8-/t13-,14+,15+/m0/s1. The molecule has 1 rings (SSSR count). The molecule has 0 saturated heterocycles. The van der Waals surface area contributed by atoms with E-state index >= 15 is 0 Å². The van der Waals surface area contributed by atoms with Crippen molar-refractivity contribution in [3.05, 3.63) is 36.5 Å². The maximum atomic E-state index is 6.28. The first-order valence-corrected chi connectivity index (χ1v) is 6.41. The molecule has 17 heavy (non-hydrogen) atoms. The average Bonchev–Trinajstić information content (AvgIpc) is 2.31. The van der Waals surface area contributed by atoms with Gasteiger partial charge in [0.05, 0.1) is 17.6 Å². The highest BCUT2D eigenvalue weighted by Gasteiger charge is 2.21. The predicted molar refractivity (Wildman–Crippen MR) is 74.1 cm³/mol. The summed E-state index contributed by atoms with van der Waals surface area (Å²) in [5, 5.41) is -0.0921. The Kier molecular flexibility index (Phi) is 6.77. The van der Waals surface area contributed by atoms with Gasteiger partial charge in [0.2, 0.25) is 0 Å². The number of halogens is 1. The van der Waals surface area contributed by atoms with Crippen LogP contribution in [0.25, 0.3) is 0 Å². The minimum Gasteiger partial charge on any atom is -0.369 e. The van der Waals surface area contributed by atoms with E-state index in [9.17, 15) is 0 Å². The second-order valence-electron chi connectivity index (χ2n) is 3.99. The fourth-order valence-electron chi connectivity index (χ4n) is 1.79. The Hall–Kier alpha value is -0.970. The van der Waals surface area contributed by atoms with Gasteiger partial charge in [-0.25, -0.2) is 0 Å². The second-order valence-corrected chi connectivity index (χ2v) is 4.50. The van der Waals surface area contributed by atoms with E-state index in [0.717, 1.165) is 19.3 Å². The van der Waals surface area contributed by atoms with E-state index in [0.29, 0.717) is 0 Å². The van der Waals surface area contributed by atoms with E-state index in [1.165, 1.54) is 0 Å². The minimum absolute atomic E-state index is 0.0148. The third-order valence-electron chi connectivity index (χ3n) is 2.63. The second kappa shape index (κ2) is 8.17. The molecule has 0 saturated carbocycles. The summed E-state index contributed by atoms with van der Waals surface area (Å²) >= 11 is 6.28. The molecule has 0 aromatic heterocycles. The van der Waals surface area contributed by atoms with E-state index in [1.54, 1.807) is 6.08 Å². The molecule has 0 radical (unpaired) electrons. The Labute approximate surface area is 109 Å². The van der Waals surface area contributed by atoms with Crippen molar-refractivity contribution >= 4 is 11.6 Å². The molecular weight excluding hydrogens is 232 g/mol. The molecule has 0 N–H and O–H groups in total. The SMILES string of the molecule is C#C/C=C/C[C@H]1O[C@@H](/C=C/C)CC/C=C\[C@H]1Cl. The maximum absolute atomic E-state index is 6.28. The fraction of sp³-hybridized carbons (Fsp3) is 0.467. The summed E-state index contributed by atoms with van der Waals surface area (Å²) in [5.74, 6) is 2.48. The van der Waals surface area contributed by atoms with Gasteiger partial charge in [-0.1, -0.05) is 36.3 Å². The molecular formula is C15H19ClO. The van der Waals surface area contributed by atoms with E-state index in [-0.39, 0.29) is 17.6 Å². The van der Waals surface area contributed by atoms with E-state index in [2.05, 4.69) is 18.1 Å². The molecule has 2 heteroatoms. The van der Waals surface area contributed by atoms with E-state index < -0.39 is 0 Å². The molecule has 0 aromatic rings. The van der Waals surface area contributed by atoms with Crippen LogP contribution in [0.5, 0.6) is 0 Å². The lowest BCUT2D eigenvalue weighted by molar-refractivity contribution is 0.0135. The van der Waals surface area contributed by atoms with E-state index in [1.807, 2.05) is 25.2 Å². The number of rotatable bonds is 3. The van der Waals surface area contributed by atoms with Gasteiger partial charge in [0, 0.05) is 0 Å². The summed E-state index contributed by atoms with van der Waals surface area (Å²) in [4.78, 5) is 0. The van der Waals surface area contributed by atoms with Gasteiger partial charge in [-0.15, -0.1) is 18.0 Å². The lowest BCUT2D eigenvalue weighted by atomic mass is 10.1. The molecule has 1 heterocycles. The molecule has 0 bridgehead atoms. The van der Waals surface area contributed by atoms with Crippen LogP contribution in [0, 0.1) is 12.3 Å². The van der Waals surface area contributed by atoms with Crippen LogP contribution in [0.1, 0.15) is 26.2 Å². The number of allylic oxidation sites excluding steroid dienone is 3. The number of terminal acetylenes is 1. The van der Waals surface area contributed by atoms with Crippen molar-refractivity contribution in [2.45, 2.75) is 43.8 Å². The van der Waals surface area contributed by atoms with Crippen molar-refractivity contribution in [1.29, 1.82) is 0 Å². The van der Waals surface area contributed by atoms with Crippen LogP contribution in [-0.4, -0.2) is 17.6 Å². The smallest absolute Gasteiger partial charge is 0.0816 e. The van der Waals surface area contributed by atoms with Crippen molar-refractivity contribution < 1.29 is 4.74 Å². The zero-order chi connectivity index (χ0) is 12.5. The number of ether oxygens (including phenoxy) is 1. The molecule has 0 fully saturated rings. The molecule has 0 spiro atoms. The average molecular weight is 251 g/mol. The molecule has 0 unspecified atom stereocenters. The van der Waals surface area contributed by atoms with Gasteiger partial charge in [-0.05, 0) is 32.3 Å². The lowest BCUT2D eigenvalue weighted by Gasteiger charge is -2.26. The molecule has 1 nitrogen and oxygen atoms in total. The van der Waals surface area contributed by atoms with Crippen molar-refractivity contribution in [2.75, 3.05) is 0 Å². The Morgan fingerprint density at radius 1 is 1.59 bits per heavy atom. The summed E-state index contributed by atoms with van der Waals surface area (Å²) in [5.41, 5.74) is 0. The summed E-state index contributed by atoms with van der Waals surface area (Å²) in [6, 6.07) is 0. The number of hydrogen-bond acceptors (Lipinski definition) is 1. The molecule has 92 valence electrons. The number of alkyl halides is 1. The predicted octanol–water partition coefficient (Wildman–Crippen LogP) is 3.85. The quantitative estimate of drug-likeness (QED) is 0.420. The summed E-state index contributed by atoms with van der Waals surface area (Å²) in [6.07, 6.45) is 19.9. The third kappa shape index (κ3) is 5.26. The van der Waals surface area contributed by atoms with E-state index in [4.69, 9.17) is 22.8 Å². The van der Waals surface area contributed by atoms with Crippen LogP contribution in [0.15, 0.2) is 36.5 Å². The molecule has 0 aromatic carbocycles. The largest absolute Gasteiger partial charge is 0.369 e. The van der Waals surface area contributed by atoms with Crippen LogP contribution in [0.4, 0.5) is 0 Å². The van der Waals surface area contributed by atoms with Gasteiger partial charge in [0.1, 0.15) is 0 Å². The van der Waals surface area contributed by atoms with Gasteiger partial charge in [-0.2, -0.15) is 0 Å². The summed E-state index contributed by atoms with van der Waals surface area (Å²) < 4.78 is 6.00. The summed E-state index contributed by atoms with van der Waals surface area (Å²) in [7, 11) is 0. The van der Waals surface area contributed by atoms with Crippen molar-refractivity contribution in [3.8, 4) is 12.3 Å². The van der Waals surface area contributed by atoms with Crippen molar-refractivity contribution in [1.82, 2.24) is 0 Å². The highest BCUT2D eigenvalue weighted by atomic mass is 35.5. The Morgan fingerprint density at radius 2 is 2.41 bits per heavy atom. The normalized spacial score (nSPS) is 32.2. The van der Waals surface area contributed by atoms with Crippen molar-refractivity contribution in [2.24, 2.45) is 0 Å². The van der Waals surface area contributed by atoms with Gasteiger partial charge in [0.25, 0.3) is 0 Å². The Morgan fingerprint density at radius 3 is 3.12 bits per heavy atom. The Balaban J connectivity index is 2.67. The molecule has 1 aliphatic rings. The third-order valence-corrected chi connectivity index (χ3v) is 3.06. The first-order chi connectivity index (χ1) is 8.27. The van der Waals surface area contributed by atoms with Crippen LogP contribution in [0.2, 0.25) is 0 Å². The first-order valence-electron chi connectivity index (χ1n) is 5.98. The number of hydrogen-bond donors (Lipinski definition) is 0. The van der Waals surface area contributed by atoms with Gasteiger partial charge < -0.3 is 4.74 Å². The molecule has 0 amide bonds. The topological polar surface area (TPSA) is 9.23 Å². The monoisotopic (exact) mass is 250 g/mol. The molecule has 0 aliphatic carbocycles. The maximum Gasteiger partial charge on any atom is 0.0816 e. The Bertz CT molecular complexity index is 335. The fourth-order valence-corrected chi connectivity index (χ4v) is 2.06. The molecule has 1 aliphatic heterocycles. The minimum atomic E-state index is -0.0921. The first kappa shape index (κ1) is 14.1. The highest BCUT2D eigenvalue weighted by Crippen LogP contribution is 2.21. The van der Waals surface area contributed by atoms with Gasteiger partial charge in [-0.3, -0.25) is 0 Å². The van der Waals surface area contributed by atoms with Crippen LogP contribution < -0.4 is 0 Å². The van der Waals surface area contributed by atoms with Crippen LogP contribution in [-0.2, 0) is 4.74 Å². The zero-order valence-electron chi connectivity index (χ0n) is 10.2. The van der Waals surface area contributed by atoms with Gasteiger partial charge in [0.15, 0.2) is 0 Å². The molecule has 3 atom stereocenters. The van der Waals surface area contributed by atoms with Crippen LogP contribution in [0.3, 0.4) is 0 Å². The van der Waals surface area contributed by atoms with Crippen LogP contribution >= 0.6 is 11.6 Å². The summed E-state index contributed by atoms with van der Waals surface area (Å²) in [6.45, 7) is 2.00. The zero-order valence-corrected chi connectivity index (χ0v) is 10.9.